The van der Waals surface area contributed by atoms with Crippen molar-refractivity contribution in [3.63, 3.8) is 0 Å². The van der Waals surface area contributed by atoms with Crippen LogP contribution in [0.4, 0.5) is 4.79 Å². The number of ether oxygens (including phenoxy) is 1. The van der Waals surface area contributed by atoms with Crippen LogP contribution in [-0.4, -0.2) is 48.8 Å². The summed E-state index contributed by atoms with van der Waals surface area (Å²) in [5.74, 6) is 0. The first-order valence-corrected chi connectivity index (χ1v) is 5.70. The Labute approximate surface area is 97.3 Å². The van der Waals surface area contributed by atoms with Gasteiger partial charge in [-0.3, -0.25) is 0 Å². The molecule has 94 valence electrons. The molecule has 0 bridgehead atoms. The van der Waals surface area contributed by atoms with E-state index in [2.05, 4.69) is 10.2 Å². The maximum Gasteiger partial charge on any atom is 0.407 e. The smallest absolute Gasteiger partial charge is 0.407 e. The van der Waals surface area contributed by atoms with Gasteiger partial charge >= 0.3 is 6.09 Å². The molecule has 1 rings (SSSR count). The largest absolute Gasteiger partial charge is 0.444 e. The Morgan fingerprint density at radius 3 is 2.62 bits per heavy atom. The number of likely N-dealkylation sites (tertiary alicyclic amines) is 1. The van der Waals surface area contributed by atoms with Crippen molar-refractivity contribution in [2.45, 2.75) is 44.9 Å². The molecule has 1 aliphatic heterocycles. The van der Waals surface area contributed by atoms with Crippen LogP contribution in [0.5, 0.6) is 0 Å². The molecule has 1 fully saturated rings. The highest BCUT2D eigenvalue weighted by Crippen LogP contribution is 2.13. The topological polar surface area (TPSA) is 67.6 Å². The fourth-order valence-corrected chi connectivity index (χ4v) is 1.88. The summed E-state index contributed by atoms with van der Waals surface area (Å²) in [5, 5.41) is 2.77. The second-order valence-corrected chi connectivity index (χ2v) is 5.47. The number of carbonyl (C=O) groups is 1. The van der Waals surface area contributed by atoms with Crippen LogP contribution in [0.3, 0.4) is 0 Å². The number of nitrogens with two attached hydrogens (primary N) is 1. The van der Waals surface area contributed by atoms with Crippen molar-refractivity contribution in [3.8, 4) is 0 Å². The molecule has 2 unspecified atom stereocenters. The lowest BCUT2D eigenvalue weighted by atomic mass is 10.2. The van der Waals surface area contributed by atoms with E-state index in [9.17, 15) is 4.79 Å². The van der Waals surface area contributed by atoms with Gasteiger partial charge in [0, 0.05) is 25.2 Å². The second-order valence-electron chi connectivity index (χ2n) is 5.47. The molecule has 5 nitrogen and oxygen atoms in total. The van der Waals surface area contributed by atoms with Crippen molar-refractivity contribution in [3.05, 3.63) is 0 Å². The van der Waals surface area contributed by atoms with Crippen LogP contribution < -0.4 is 11.1 Å². The van der Waals surface area contributed by atoms with Gasteiger partial charge in [-0.2, -0.15) is 0 Å². The molecule has 16 heavy (non-hydrogen) atoms. The standard InChI is InChI=1S/C11H23N3O2/c1-11(2,3)16-10(15)13-6-9-5-8(12)7-14(9)4/h8-9H,5-7,12H2,1-4H3,(H,13,15). The number of amides is 1. The number of nitrogens with one attached hydrogen (secondary N) is 1. The minimum absolute atomic E-state index is 0.218. The van der Waals surface area contributed by atoms with E-state index in [1.54, 1.807) is 0 Å². The maximum atomic E-state index is 11.4. The predicted molar refractivity (Wildman–Crippen MR) is 63.2 cm³/mol. The molecule has 0 aromatic carbocycles. The third kappa shape index (κ3) is 4.37. The molecule has 0 aromatic heterocycles. The van der Waals surface area contributed by atoms with Gasteiger partial charge in [0.25, 0.3) is 0 Å². The number of nitrogens with zero attached hydrogens (tertiary/aromatic N) is 1. The normalized spacial score (nSPS) is 26.8. The highest BCUT2D eigenvalue weighted by molar-refractivity contribution is 5.67. The lowest BCUT2D eigenvalue weighted by molar-refractivity contribution is 0.0516. The van der Waals surface area contributed by atoms with Gasteiger partial charge in [0.2, 0.25) is 0 Å². The van der Waals surface area contributed by atoms with E-state index in [0.717, 1.165) is 13.0 Å². The molecule has 5 heteroatoms. The van der Waals surface area contributed by atoms with Gasteiger partial charge in [-0.25, -0.2) is 4.79 Å². The van der Waals surface area contributed by atoms with Crippen molar-refractivity contribution in [1.29, 1.82) is 0 Å². The van der Waals surface area contributed by atoms with E-state index < -0.39 is 5.60 Å². The number of carbonyl (C=O) groups excluding carboxylic acids is 1. The summed E-state index contributed by atoms with van der Waals surface area (Å²) in [6, 6.07) is 0.540. The lowest BCUT2D eigenvalue weighted by Crippen LogP contribution is -2.40. The first-order valence-electron chi connectivity index (χ1n) is 5.70. The third-order valence-corrected chi connectivity index (χ3v) is 2.60. The molecule has 3 N–H and O–H groups in total. The molecule has 0 spiro atoms. The van der Waals surface area contributed by atoms with Gasteiger partial charge in [0.1, 0.15) is 5.60 Å². The lowest BCUT2D eigenvalue weighted by Gasteiger charge is -2.22. The Balaban J connectivity index is 2.27. The van der Waals surface area contributed by atoms with E-state index in [4.69, 9.17) is 10.5 Å². The summed E-state index contributed by atoms with van der Waals surface area (Å²) < 4.78 is 5.16. The number of hydrogen-bond acceptors (Lipinski definition) is 4. The number of alkyl carbamates (subject to hydrolysis) is 1. The van der Waals surface area contributed by atoms with Crippen LogP contribution in [0, 0.1) is 0 Å². The van der Waals surface area contributed by atoms with Crippen molar-refractivity contribution in [2.24, 2.45) is 5.73 Å². The van der Waals surface area contributed by atoms with Gasteiger partial charge in [-0.1, -0.05) is 0 Å². The monoisotopic (exact) mass is 229 g/mol. The Kier molecular flexibility index (Phi) is 4.15. The summed E-state index contributed by atoms with van der Waals surface area (Å²) in [7, 11) is 2.02. The van der Waals surface area contributed by atoms with E-state index in [1.165, 1.54) is 0 Å². The van der Waals surface area contributed by atoms with E-state index in [0.29, 0.717) is 12.6 Å². The fraction of sp³-hybridized carbons (Fsp3) is 0.909. The van der Waals surface area contributed by atoms with Gasteiger partial charge in [0.05, 0.1) is 0 Å². The SMILES string of the molecule is CN1CC(N)CC1CNC(=O)OC(C)(C)C. The quantitative estimate of drug-likeness (QED) is 0.725. The summed E-state index contributed by atoms with van der Waals surface area (Å²) in [6.07, 6.45) is 0.563. The van der Waals surface area contributed by atoms with E-state index in [1.807, 2.05) is 27.8 Å². The van der Waals surface area contributed by atoms with Crippen LogP contribution in [0.1, 0.15) is 27.2 Å². The number of hydrogen-bond donors (Lipinski definition) is 2. The second kappa shape index (κ2) is 5.01. The van der Waals surface area contributed by atoms with Crippen molar-refractivity contribution in [2.75, 3.05) is 20.1 Å². The van der Waals surface area contributed by atoms with Gasteiger partial charge in [-0.05, 0) is 34.2 Å². The van der Waals surface area contributed by atoms with Gasteiger partial charge < -0.3 is 20.7 Å². The van der Waals surface area contributed by atoms with Crippen LogP contribution >= 0.6 is 0 Å². The number of likely N-dealkylation sites (N-methyl/N-ethyl adjacent to an activating group) is 1. The summed E-state index contributed by atoms with van der Waals surface area (Å²) in [5.41, 5.74) is 5.40. The fourth-order valence-electron chi connectivity index (χ4n) is 1.88. The Bertz CT molecular complexity index is 250. The zero-order valence-electron chi connectivity index (χ0n) is 10.6. The first-order chi connectivity index (χ1) is 7.28. The Morgan fingerprint density at radius 1 is 1.56 bits per heavy atom. The molecule has 0 saturated carbocycles. The molecule has 1 saturated heterocycles. The molecular formula is C11H23N3O2. The average Bonchev–Trinajstić information content (AvgIpc) is 2.38. The summed E-state index contributed by atoms with van der Waals surface area (Å²) in [4.78, 5) is 13.6. The van der Waals surface area contributed by atoms with Crippen LogP contribution in [-0.2, 0) is 4.74 Å². The minimum atomic E-state index is -0.442. The molecule has 0 aliphatic carbocycles. The maximum absolute atomic E-state index is 11.4. The van der Waals surface area contributed by atoms with Gasteiger partial charge in [-0.15, -0.1) is 0 Å². The van der Waals surface area contributed by atoms with E-state index in [-0.39, 0.29) is 12.1 Å². The third-order valence-electron chi connectivity index (χ3n) is 2.60. The summed E-state index contributed by atoms with van der Waals surface area (Å²) in [6.45, 7) is 7.04. The van der Waals surface area contributed by atoms with Crippen molar-refractivity contribution in [1.82, 2.24) is 10.2 Å². The van der Waals surface area contributed by atoms with Crippen LogP contribution in [0.15, 0.2) is 0 Å². The van der Waals surface area contributed by atoms with Crippen LogP contribution in [0.25, 0.3) is 0 Å². The van der Waals surface area contributed by atoms with Gasteiger partial charge in [0.15, 0.2) is 0 Å². The van der Waals surface area contributed by atoms with Crippen molar-refractivity contribution < 1.29 is 9.53 Å². The highest BCUT2D eigenvalue weighted by atomic mass is 16.6. The molecule has 1 amide bonds. The molecule has 0 aromatic rings. The zero-order valence-corrected chi connectivity index (χ0v) is 10.6. The minimum Gasteiger partial charge on any atom is -0.444 e. The summed E-state index contributed by atoms with van der Waals surface area (Å²) >= 11 is 0. The molecule has 2 atom stereocenters. The van der Waals surface area contributed by atoms with Crippen molar-refractivity contribution >= 4 is 6.09 Å². The van der Waals surface area contributed by atoms with E-state index >= 15 is 0 Å². The number of rotatable bonds is 2. The van der Waals surface area contributed by atoms with Crippen LogP contribution in [0.2, 0.25) is 0 Å². The predicted octanol–water partition coefficient (Wildman–Crippen LogP) is 0.543. The average molecular weight is 229 g/mol. The first kappa shape index (κ1) is 13.3. The Hall–Kier alpha value is -0.810. The molecule has 0 radical (unpaired) electrons. The zero-order chi connectivity index (χ0) is 12.3. The highest BCUT2D eigenvalue weighted by Gasteiger charge is 2.27. The molecule has 1 heterocycles. The molecular weight excluding hydrogens is 206 g/mol. The molecule has 1 aliphatic rings. The Morgan fingerprint density at radius 2 is 2.19 bits per heavy atom.